The number of benzene rings is 2. The zero-order valence-corrected chi connectivity index (χ0v) is 35.4. The van der Waals surface area contributed by atoms with Crippen LogP contribution in [0.2, 0.25) is 0 Å². The summed E-state index contributed by atoms with van der Waals surface area (Å²) in [5.74, 6) is -1.54. The number of carbonyl (C=O) groups is 4. The minimum Gasteiger partial charge on any atom is -0.508 e. The topological polar surface area (TPSA) is 192 Å². The third-order valence-electron chi connectivity index (χ3n) is 11.5. The fourth-order valence-electron chi connectivity index (χ4n) is 7.86. The summed E-state index contributed by atoms with van der Waals surface area (Å²) in [5.41, 5.74) is 20.1. The third kappa shape index (κ3) is 12.6. The Kier molecular flexibility index (Phi) is 17.4. The van der Waals surface area contributed by atoms with Gasteiger partial charge >= 0.3 is 0 Å². The molecule has 0 aromatic heterocycles. The van der Waals surface area contributed by atoms with E-state index >= 15 is 4.39 Å². The Morgan fingerprint density at radius 3 is 1.93 bits per heavy atom. The fourth-order valence-corrected chi connectivity index (χ4v) is 7.86. The minimum absolute atomic E-state index is 0.00808. The van der Waals surface area contributed by atoms with Crippen LogP contribution >= 0.6 is 0 Å². The molecule has 0 bridgehead atoms. The number of aryl methyl sites for hydroxylation is 2. The Balaban J connectivity index is 0.000000374. The summed E-state index contributed by atoms with van der Waals surface area (Å²) in [6.07, 6.45) is 14.7. The molecule has 0 spiro atoms. The van der Waals surface area contributed by atoms with Gasteiger partial charge in [0.05, 0.1) is 28.3 Å². The highest BCUT2D eigenvalue weighted by molar-refractivity contribution is 6.23. The number of fused-ring (bicyclic) bond motifs is 1. The predicted molar refractivity (Wildman–Crippen MR) is 231 cm³/mol. The molecule has 8 N–H and O–H groups in total. The SMILES string of the molecule is C1CCCCC1.C=C1CCC(N2C(=O)c3cc(F)c(N4CCN(CC5CCN(/C(N)=C/C=C(\N)C(N)=O)CC5)CC4)cc3C2=O)C(=O)N1.CC.Cc1ccc(O)cc1C. The van der Waals surface area contributed by atoms with Crippen LogP contribution in [-0.2, 0) is 9.59 Å². The number of aromatic hydroxyl groups is 1. The molecule has 1 aliphatic carbocycles. The Morgan fingerprint density at radius 2 is 1.41 bits per heavy atom. The number of nitrogens with two attached hydrogens (primary N) is 3. The number of phenolic OH excluding ortho intramolecular Hbond substituents is 1. The Labute approximate surface area is 349 Å². The van der Waals surface area contributed by atoms with E-state index in [1.807, 2.05) is 38.7 Å². The second-order valence-electron chi connectivity index (χ2n) is 15.7. The van der Waals surface area contributed by atoms with Gasteiger partial charge in [0.25, 0.3) is 17.7 Å². The van der Waals surface area contributed by atoms with Crippen molar-refractivity contribution in [1.29, 1.82) is 0 Å². The number of piperazine rings is 1. The molecule has 4 fully saturated rings. The van der Waals surface area contributed by atoms with Crippen LogP contribution in [0.15, 0.2) is 66.3 Å². The van der Waals surface area contributed by atoms with Gasteiger partial charge < -0.3 is 37.4 Å². The minimum atomic E-state index is -0.935. The lowest BCUT2D eigenvalue weighted by molar-refractivity contribution is -0.125. The maximum atomic E-state index is 15.3. The molecule has 7 rings (SSSR count). The molecule has 322 valence electrons. The van der Waals surface area contributed by atoms with Crippen LogP contribution in [0, 0.1) is 25.6 Å². The first kappa shape index (κ1) is 46.3. The molecular formula is C45H65FN8O5. The number of imide groups is 1. The number of hydrogen-bond donors (Lipinski definition) is 5. The van der Waals surface area contributed by atoms with E-state index in [2.05, 4.69) is 21.7 Å². The summed E-state index contributed by atoms with van der Waals surface area (Å²) in [4.78, 5) is 57.1. The number of anilines is 1. The highest BCUT2D eigenvalue weighted by Crippen LogP contribution is 2.34. The van der Waals surface area contributed by atoms with Crippen LogP contribution in [0.5, 0.6) is 5.75 Å². The van der Waals surface area contributed by atoms with E-state index in [-0.39, 0.29) is 16.8 Å². The molecule has 1 atom stereocenters. The predicted octanol–water partition coefficient (Wildman–Crippen LogP) is 5.55. The van der Waals surface area contributed by atoms with Crippen LogP contribution in [0.4, 0.5) is 10.1 Å². The highest BCUT2D eigenvalue weighted by atomic mass is 19.1. The first-order valence-electron chi connectivity index (χ1n) is 21.1. The lowest BCUT2D eigenvalue weighted by atomic mass is 9.96. The van der Waals surface area contributed by atoms with Gasteiger partial charge in [-0.15, -0.1) is 0 Å². The standard InChI is InChI=1S/C29H37FN8O4.C8H10O.C6H12.C2H6/c1-17-2-4-23(27(40)34-17)38-28(41)19-14-21(30)24(15-20(19)29(38)42)36-12-10-35(11-13-36)16-18-6-8-37(9-7-18)25(32)5-3-22(31)26(33)39;1-6-3-4-8(9)5-7(6)2;1-2-4-6-5-3-1;1-2/h3,5,14-15,18,23H,1-2,4,6-13,16,31-32H2,(H2,33,39)(H,34,40);3-5,9H,1-2H3;1-6H2;1-2H3/b22-3-,25-5+;;;. The van der Waals surface area contributed by atoms with E-state index < -0.39 is 35.5 Å². The average Bonchev–Trinajstić information content (AvgIpc) is 3.47. The van der Waals surface area contributed by atoms with Gasteiger partial charge in [0.2, 0.25) is 5.91 Å². The number of amides is 4. The maximum Gasteiger partial charge on any atom is 0.264 e. The van der Waals surface area contributed by atoms with Crippen molar-refractivity contribution < 1.29 is 28.7 Å². The third-order valence-corrected chi connectivity index (χ3v) is 11.5. The molecular weight excluding hydrogens is 752 g/mol. The lowest BCUT2D eigenvalue weighted by Crippen LogP contribution is -2.51. The van der Waals surface area contributed by atoms with Gasteiger partial charge in [-0.05, 0) is 93.0 Å². The number of hydrogen-bond acceptors (Lipinski definition) is 10. The van der Waals surface area contributed by atoms with Gasteiger partial charge in [-0.1, -0.05) is 65.0 Å². The summed E-state index contributed by atoms with van der Waals surface area (Å²) in [6.45, 7) is 16.9. The monoisotopic (exact) mass is 817 g/mol. The number of piperidine rings is 2. The van der Waals surface area contributed by atoms with Crippen molar-refractivity contribution in [2.24, 2.45) is 23.1 Å². The number of allylic oxidation sites excluding steroid dienone is 3. The quantitative estimate of drug-likeness (QED) is 0.135. The first-order valence-corrected chi connectivity index (χ1v) is 21.1. The Morgan fingerprint density at radius 1 is 0.831 bits per heavy atom. The second-order valence-corrected chi connectivity index (χ2v) is 15.7. The molecule has 2 aromatic carbocycles. The molecule has 0 radical (unpaired) electrons. The van der Waals surface area contributed by atoms with E-state index in [4.69, 9.17) is 22.3 Å². The van der Waals surface area contributed by atoms with E-state index in [0.29, 0.717) is 54.8 Å². The van der Waals surface area contributed by atoms with Crippen molar-refractivity contribution >= 4 is 29.3 Å². The maximum absolute atomic E-state index is 15.3. The van der Waals surface area contributed by atoms with Gasteiger partial charge in [-0.2, -0.15) is 0 Å². The molecule has 4 heterocycles. The Bertz CT molecular complexity index is 1870. The molecule has 5 aliphatic rings. The summed E-state index contributed by atoms with van der Waals surface area (Å²) >= 11 is 0. The van der Waals surface area contributed by atoms with Gasteiger partial charge in [0.15, 0.2) is 0 Å². The van der Waals surface area contributed by atoms with Crippen molar-refractivity contribution in [2.75, 3.05) is 50.7 Å². The fraction of sp³-hybridized carbons (Fsp3) is 0.511. The van der Waals surface area contributed by atoms with Crippen molar-refractivity contribution in [3.63, 3.8) is 0 Å². The van der Waals surface area contributed by atoms with Crippen molar-refractivity contribution in [3.05, 3.63) is 94.3 Å². The number of carbonyl (C=O) groups excluding carboxylic acids is 4. The molecule has 1 unspecified atom stereocenters. The number of halogens is 1. The number of primary amides is 1. The number of likely N-dealkylation sites (tertiary alicyclic amines) is 1. The second kappa shape index (κ2) is 22.1. The molecule has 4 aliphatic heterocycles. The number of nitrogens with zero attached hydrogens (tertiary/aromatic N) is 4. The van der Waals surface area contributed by atoms with Gasteiger partial charge in [-0.3, -0.25) is 29.0 Å². The van der Waals surface area contributed by atoms with Gasteiger partial charge in [0.1, 0.15) is 17.6 Å². The van der Waals surface area contributed by atoms with Crippen LogP contribution in [0.1, 0.15) is 110 Å². The normalized spacial score (nSPS) is 20.4. The molecule has 4 amide bonds. The number of phenols is 1. The van der Waals surface area contributed by atoms with E-state index in [1.54, 1.807) is 18.2 Å². The lowest BCUT2D eigenvalue weighted by Gasteiger charge is -2.40. The largest absolute Gasteiger partial charge is 0.508 e. The van der Waals surface area contributed by atoms with Crippen LogP contribution < -0.4 is 27.4 Å². The first-order chi connectivity index (χ1) is 28.2. The van der Waals surface area contributed by atoms with Gasteiger partial charge in [-0.25, -0.2) is 4.39 Å². The number of nitrogens with one attached hydrogen (secondary N) is 1. The molecule has 3 saturated heterocycles. The molecule has 13 nitrogen and oxygen atoms in total. The highest BCUT2D eigenvalue weighted by Gasteiger charge is 2.45. The average molecular weight is 817 g/mol. The van der Waals surface area contributed by atoms with E-state index in [1.165, 1.54) is 56.2 Å². The van der Waals surface area contributed by atoms with Crippen molar-refractivity contribution in [1.82, 2.24) is 20.0 Å². The van der Waals surface area contributed by atoms with Crippen LogP contribution in [-0.4, -0.2) is 95.3 Å². The summed E-state index contributed by atoms with van der Waals surface area (Å²) in [7, 11) is 0. The van der Waals surface area contributed by atoms with Crippen molar-refractivity contribution in [3.8, 4) is 5.75 Å². The molecule has 2 aromatic rings. The Hall–Kier alpha value is -5.37. The number of rotatable bonds is 7. The summed E-state index contributed by atoms with van der Waals surface area (Å²) in [6, 6.07) is 7.01. The van der Waals surface area contributed by atoms with Gasteiger partial charge in [0, 0.05) is 51.5 Å². The molecule has 1 saturated carbocycles. The van der Waals surface area contributed by atoms with Crippen LogP contribution in [0.3, 0.4) is 0 Å². The zero-order valence-electron chi connectivity index (χ0n) is 35.4. The van der Waals surface area contributed by atoms with Crippen molar-refractivity contribution in [2.45, 2.75) is 97.9 Å². The molecule has 59 heavy (non-hydrogen) atoms. The van der Waals surface area contributed by atoms with Crippen LogP contribution in [0.25, 0.3) is 0 Å². The van der Waals surface area contributed by atoms with E-state index in [0.717, 1.165) is 62.1 Å². The molecule has 14 heteroatoms. The smallest absolute Gasteiger partial charge is 0.264 e. The summed E-state index contributed by atoms with van der Waals surface area (Å²) < 4.78 is 15.3. The zero-order chi connectivity index (χ0) is 43.2. The summed E-state index contributed by atoms with van der Waals surface area (Å²) in [5, 5.41) is 11.5. The van der Waals surface area contributed by atoms with E-state index in [9.17, 15) is 19.2 Å².